The number of aromatic nitrogens is 1. The van der Waals surface area contributed by atoms with E-state index in [-0.39, 0.29) is 0 Å². The van der Waals surface area contributed by atoms with E-state index in [1.165, 1.54) is 11.3 Å². The van der Waals surface area contributed by atoms with Gasteiger partial charge in [0, 0.05) is 29.4 Å². The molecular weight excluding hydrogens is 264 g/mol. The number of aryl methyl sites for hydroxylation is 1. The highest BCUT2D eigenvalue weighted by molar-refractivity contribution is 7.09. The van der Waals surface area contributed by atoms with E-state index in [9.17, 15) is 0 Å². The Balaban J connectivity index is 1.81. The van der Waals surface area contributed by atoms with Crippen molar-refractivity contribution in [2.24, 2.45) is 0 Å². The fourth-order valence-electron chi connectivity index (χ4n) is 1.81. The normalized spacial score (nSPS) is 12.6. The van der Waals surface area contributed by atoms with Gasteiger partial charge in [0.15, 0.2) is 0 Å². The first kappa shape index (κ1) is 13.5. The van der Waals surface area contributed by atoms with Crippen molar-refractivity contribution in [2.75, 3.05) is 6.54 Å². The Bertz CT molecular complexity index is 493. The molecule has 0 amide bonds. The van der Waals surface area contributed by atoms with E-state index in [0.29, 0.717) is 6.04 Å². The third-order valence-corrected chi connectivity index (χ3v) is 3.94. The Kier molecular flexibility index (Phi) is 4.75. The molecule has 0 aliphatic rings. The minimum absolute atomic E-state index is 0.335. The lowest BCUT2D eigenvalue weighted by Gasteiger charge is -2.13. The first-order valence-corrected chi connectivity index (χ1v) is 7.31. The number of nitrogens with zero attached hydrogens (tertiary/aromatic N) is 1. The summed E-state index contributed by atoms with van der Waals surface area (Å²) in [5.74, 6) is 0. The van der Waals surface area contributed by atoms with Crippen LogP contribution in [-0.2, 0) is 6.42 Å². The van der Waals surface area contributed by atoms with Gasteiger partial charge in [0.25, 0.3) is 0 Å². The highest BCUT2D eigenvalue weighted by Crippen LogP contribution is 2.16. The van der Waals surface area contributed by atoms with Gasteiger partial charge in [-0.15, -0.1) is 11.3 Å². The second-order valence-electron chi connectivity index (χ2n) is 4.34. The standard InChI is InChI=1S/C14H17ClN2S/c1-10(12-3-5-13(15)6-4-12)16-8-7-14-9-18-11(2)17-14/h3-6,9-10,16H,7-8H2,1-2H3. The van der Waals surface area contributed by atoms with Crippen molar-refractivity contribution in [3.63, 3.8) is 0 Å². The van der Waals surface area contributed by atoms with Gasteiger partial charge in [-0.25, -0.2) is 4.98 Å². The first-order valence-electron chi connectivity index (χ1n) is 6.05. The molecule has 1 N–H and O–H groups in total. The lowest BCUT2D eigenvalue weighted by Crippen LogP contribution is -2.21. The molecule has 0 bridgehead atoms. The Labute approximate surface area is 117 Å². The van der Waals surface area contributed by atoms with Gasteiger partial charge in [0.2, 0.25) is 0 Å². The van der Waals surface area contributed by atoms with E-state index in [4.69, 9.17) is 11.6 Å². The predicted octanol–water partition coefficient (Wildman–Crippen LogP) is 4.00. The van der Waals surface area contributed by atoms with Gasteiger partial charge in [-0.1, -0.05) is 23.7 Å². The minimum atomic E-state index is 0.335. The first-order chi connectivity index (χ1) is 8.65. The van der Waals surface area contributed by atoms with E-state index in [0.717, 1.165) is 23.0 Å². The van der Waals surface area contributed by atoms with Crippen molar-refractivity contribution in [1.29, 1.82) is 0 Å². The molecule has 0 saturated heterocycles. The third-order valence-electron chi connectivity index (χ3n) is 2.87. The second-order valence-corrected chi connectivity index (χ2v) is 5.83. The Morgan fingerprint density at radius 3 is 2.67 bits per heavy atom. The molecule has 1 atom stereocenters. The lowest BCUT2D eigenvalue weighted by molar-refractivity contribution is 0.574. The molecule has 1 heterocycles. The van der Waals surface area contributed by atoms with E-state index in [1.807, 2.05) is 19.1 Å². The molecule has 1 unspecified atom stereocenters. The highest BCUT2D eigenvalue weighted by atomic mass is 35.5. The maximum Gasteiger partial charge on any atom is 0.0897 e. The fourth-order valence-corrected chi connectivity index (χ4v) is 2.58. The third kappa shape index (κ3) is 3.80. The summed E-state index contributed by atoms with van der Waals surface area (Å²) >= 11 is 7.58. The quantitative estimate of drug-likeness (QED) is 0.895. The summed E-state index contributed by atoms with van der Waals surface area (Å²) in [6.45, 7) is 5.14. The van der Waals surface area contributed by atoms with E-state index in [1.54, 1.807) is 11.3 Å². The van der Waals surface area contributed by atoms with Crippen molar-refractivity contribution >= 4 is 22.9 Å². The lowest BCUT2D eigenvalue weighted by atomic mass is 10.1. The number of thiazole rings is 1. The van der Waals surface area contributed by atoms with Crippen LogP contribution in [0.2, 0.25) is 5.02 Å². The SMILES string of the molecule is Cc1nc(CCNC(C)c2ccc(Cl)cc2)cs1. The molecule has 18 heavy (non-hydrogen) atoms. The Hall–Kier alpha value is -0.900. The van der Waals surface area contributed by atoms with Gasteiger partial charge in [0.05, 0.1) is 10.7 Å². The number of rotatable bonds is 5. The second kappa shape index (κ2) is 6.32. The van der Waals surface area contributed by atoms with Crippen molar-refractivity contribution in [1.82, 2.24) is 10.3 Å². The van der Waals surface area contributed by atoms with Gasteiger partial charge >= 0.3 is 0 Å². The van der Waals surface area contributed by atoms with Crippen LogP contribution in [0.1, 0.15) is 29.2 Å². The molecule has 1 aromatic carbocycles. The van der Waals surface area contributed by atoms with Gasteiger partial charge in [-0.2, -0.15) is 0 Å². The largest absolute Gasteiger partial charge is 0.310 e. The number of hydrogen-bond acceptors (Lipinski definition) is 3. The van der Waals surface area contributed by atoms with Crippen molar-refractivity contribution < 1.29 is 0 Å². The number of nitrogens with one attached hydrogen (secondary N) is 1. The topological polar surface area (TPSA) is 24.9 Å². The predicted molar refractivity (Wildman–Crippen MR) is 78.4 cm³/mol. The summed E-state index contributed by atoms with van der Waals surface area (Å²) in [5.41, 5.74) is 2.43. The van der Waals surface area contributed by atoms with Crippen molar-refractivity contribution in [3.05, 3.63) is 50.9 Å². The molecule has 0 aliphatic carbocycles. The smallest absolute Gasteiger partial charge is 0.0897 e. The van der Waals surface area contributed by atoms with Crippen LogP contribution in [0.4, 0.5) is 0 Å². The van der Waals surface area contributed by atoms with Crippen LogP contribution < -0.4 is 5.32 Å². The maximum atomic E-state index is 5.88. The summed E-state index contributed by atoms with van der Waals surface area (Å²) in [4.78, 5) is 4.45. The number of halogens is 1. The molecule has 0 fully saturated rings. The molecular formula is C14H17ClN2S. The summed E-state index contributed by atoms with van der Waals surface area (Å²) < 4.78 is 0. The van der Waals surface area contributed by atoms with Crippen molar-refractivity contribution in [2.45, 2.75) is 26.3 Å². The van der Waals surface area contributed by atoms with Crippen LogP contribution in [0, 0.1) is 6.92 Å². The maximum absolute atomic E-state index is 5.88. The van der Waals surface area contributed by atoms with Crippen LogP contribution in [-0.4, -0.2) is 11.5 Å². The fraction of sp³-hybridized carbons (Fsp3) is 0.357. The number of benzene rings is 1. The summed E-state index contributed by atoms with van der Waals surface area (Å²) in [6.07, 6.45) is 0.974. The average molecular weight is 281 g/mol. The zero-order valence-corrected chi connectivity index (χ0v) is 12.2. The Morgan fingerprint density at radius 1 is 1.33 bits per heavy atom. The molecule has 96 valence electrons. The molecule has 4 heteroatoms. The zero-order valence-electron chi connectivity index (χ0n) is 10.6. The molecule has 0 saturated carbocycles. The zero-order chi connectivity index (χ0) is 13.0. The summed E-state index contributed by atoms with van der Waals surface area (Å²) in [7, 11) is 0. The monoisotopic (exact) mass is 280 g/mol. The molecule has 2 nitrogen and oxygen atoms in total. The van der Waals surface area contributed by atoms with E-state index >= 15 is 0 Å². The molecule has 0 radical (unpaired) electrons. The van der Waals surface area contributed by atoms with Crippen LogP contribution in [0.3, 0.4) is 0 Å². The van der Waals surface area contributed by atoms with Crippen LogP contribution in [0.15, 0.2) is 29.6 Å². The van der Waals surface area contributed by atoms with Crippen LogP contribution in [0.25, 0.3) is 0 Å². The molecule has 2 rings (SSSR count). The van der Waals surface area contributed by atoms with Gasteiger partial charge < -0.3 is 5.32 Å². The van der Waals surface area contributed by atoms with Gasteiger partial charge in [0.1, 0.15) is 0 Å². The summed E-state index contributed by atoms with van der Waals surface area (Å²) in [5, 5.41) is 7.54. The van der Waals surface area contributed by atoms with Gasteiger partial charge in [-0.3, -0.25) is 0 Å². The van der Waals surface area contributed by atoms with Crippen LogP contribution in [0.5, 0.6) is 0 Å². The molecule has 2 aromatic rings. The molecule has 0 aliphatic heterocycles. The highest BCUT2D eigenvalue weighted by Gasteiger charge is 2.05. The molecule has 0 spiro atoms. The average Bonchev–Trinajstić information content (AvgIpc) is 2.76. The van der Waals surface area contributed by atoms with Gasteiger partial charge in [-0.05, 0) is 31.5 Å². The minimum Gasteiger partial charge on any atom is -0.310 e. The molecule has 1 aromatic heterocycles. The Morgan fingerprint density at radius 2 is 2.06 bits per heavy atom. The van der Waals surface area contributed by atoms with E-state index in [2.05, 4.69) is 34.7 Å². The van der Waals surface area contributed by atoms with E-state index < -0.39 is 0 Å². The number of hydrogen-bond donors (Lipinski definition) is 1. The van der Waals surface area contributed by atoms with Crippen LogP contribution >= 0.6 is 22.9 Å². The van der Waals surface area contributed by atoms with Crippen molar-refractivity contribution in [3.8, 4) is 0 Å². The summed E-state index contributed by atoms with van der Waals surface area (Å²) in [6, 6.07) is 8.32.